The number of aromatic nitrogens is 1. The number of phenols is 1. The van der Waals surface area contributed by atoms with Crippen LogP contribution in [0.3, 0.4) is 0 Å². The highest BCUT2D eigenvalue weighted by molar-refractivity contribution is 7.98. The van der Waals surface area contributed by atoms with E-state index in [4.69, 9.17) is 11.6 Å². The molecule has 0 atom stereocenters. The van der Waals surface area contributed by atoms with Crippen LogP contribution in [0.15, 0.2) is 47.5 Å². The van der Waals surface area contributed by atoms with Crippen LogP contribution in [0.2, 0.25) is 5.02 Å². The third-order valence-corrected chi connectivity index (χ3v) is 4.64. The van der Waals surface area contributed by atoms with Crippen LogP contribution < -0.4 is 5.32 Å². The predicted molar refractivity (Wildman–Crippen MR) is 94.7 cm³/mol. The van der Waals surface area contributed by atoms with E-state index in [0.29, 0.717) is 10.7 Å². The smallest absolute Gasteiger partial charge is 0.139 e. The monoisotopic (exact) mass is 330 g/mol. The summed E-state index contributed by atoms with van der Waals surface area (Å²) in [6.45, 7) is 1.82. The Hall–Kier alpha value is -1.91. The van der Waals surface area contributed by atoms with Crippen molar-refractivity contribution in [3.05, 3.63) is 53.2 Å². The summed E-state index contributed by atoms with van der Waals surface area (Å²) in [4.78, 5) is 5.55. The average molecular weight is 331 g/mol. The minimum atomic E-state index is 0.106. The van der Waals surface area contributed by atoms with Crippen molar-refractivity contribution in [3.8, 4) is 5.75 Å². The molecule has 5 heteroatoms. The quantitative estimate of drug-likeness (QED) is 0.634. The molecule has 0 amide bonds. The van der Waals surface area contributed by atoms with Gasteiger partial charge in [-0.2, -0.15) is 0 Å². The maximum atomic E-state index is 9.97. The van der Waals surface area contributed by atoms with E-state index >= 15 is 0 Å². The molecule has 3 rings (SSSR count). The SMILES string of the molecule is CSc1ccc2nccc(Nc3ccc(C)c(O)c3Cl)c2c1. The average Bonchev–Trinajstić information content (AvgIpc) is 2.55. The molecule has 0 spiro atoms. The molecule has 0 aliphatic heterocycles. The largest absolute Gasteiger partial charge is 0.506 e. The van der Waals surface area contributed by atoms with Gasteiger partial charge in [0.05, 0.1) is 11.2 Å². The number of benzene rings is 2. The predicted octanol–water partition coefficient (Wildman–Crippen LogP) is 5.37. The lowest BCUT2D eigenvalue weighted by atomic mass is 10.1. The highest BCUT2D eigenvalue weighted by Gasteiger charge is 2.10. The summed E-state index contributed by atoms with van der Waals surface area (Å²) in [5, 5.41) is 14.6. The minimum Gasteiger partial charge on any atom is -0.506 e. The zero-order valence-electron chi connectivity index (χ0n) is 12.2. The number of anilines is 2. The summed E-state index contributed by atoms with van der Waals surface area (Å²) < 4.78 is 0. The minimum absolute atomic E-state index is 0.106. The van der Waals surface area contributed by atoms with E-state index in [1.54, 1.807) is 18.0 Å². The number of halogens is 1. The number of hydrogen-bond donors (Lipinski definition) is 2. The van der Waals surface area contributed by atoms with E-state index in [1.165, 1.54) is 4.90 Å². The lowest BCUT2D eigenvalue weighted by Crippen LogP contribution is -1.94. The second-order valence-electron chi connectivity index (χ2n) is 4.96. The summed E-state index contributed by atoms with van der Waals surface area (Å²) in [6, 6.07) is 11.7. The zero-order valence-corrected chi connectivity index (χ0v) is 13.8. The number of pyridine rings is 1. The molecule has 0 fully saturated rings. The summed E-state index contributed by atoms with van der Waals surface area (Å²) in [7, 11) is 0. The van der Waals surface area contributed by atoms with Crippen LogP contribution in [0, 0.1) is 6.92 Å². The van der Waals surface area contributed by atoms with Crippen molar-refractivity contribution in [3.63, 3.8) is 0 Å². The standard InChI is InChI=1S/C17H15ClN2OS/c1-10-3-5-15(16(18)17(10)21)20-14-7-8-19-13-6-4-11(22-2)9-12(13)14/h3-9,21H,1-2H3,(H,19,20). The van der Waals surface area contributed by atoms with Crippen LogP contribution in [-0.2, 0) is 0 Å². The van der Waals surface area contributed by atoms with Crippen molar-refractivity contribution in [2.45, 2.75) is 11.8 Å². The van der Waals surface area contributed by atoms with Gasteiger partial charge >= 0.3 is 0 Å². The van der Waals surface area contributed by atoms with Gasteiger partial charge in [-0.3, -0.25) is 4.98 Å². The first-order valence-corrected chi connectivity index (χ1v) is 8.38. The van der Waals surface area contributed by atoms with Crippen molar-refractivity contribution < 1.29 is 5.11 Å². The second kappa shape index (κ2) is 6.07. The molecule has 2 N–H and O–H groups in total. The molecule has 3 nitrogen and oxygen atoms in total. The van der Waals surface area contributed by atoms with Crippen molar-refractivity contribution in [1.82, 2.24) is 4.98 Å². The van der Waals surface area contributed by atoms with Gasteiger partial charge in [0.2, 0.25) is 0 Å². The maximum Gasteiger partial charge on any atom is 0.139 e. The number of hydrogen-bond acceptors (Lipinski definition) is 4. The molecule has 22 heavy (non-hydrogen) atoms. The molecule has 0 unspecified atom stereocenters. The number of rotatable bonds is 3. The number of thioether (sulfide) groups is 1. The number of phenolic OH excluding ortho intramolecular Hbond substituents is 1. The lowest BCUT2D eigenvalue weighted by molar-refractivity contribution is 0.471. The second-order valence-corrected chi connectivity index (χ2v) is 6.22. The molecular formula is C17H15ClN2OS. The van der Waals surface area contributed by atoms with Crippen molar-refractivity contribution >= 4 is 45.6 Å². The molecule has 112 valence electrons. The Morgan fingerprint density at radius 3 is 2.73 bits per heavy atom. The summed E-state index contributed by atoms with van der Waals surface area (Å²) in [5.41, 5.74) is 3.24. The van der Waals surface area contributed by atoms with Gasteiger partial charge in [-0.25, -0.2) is 0 Å². The molecule has 0 aliphatic carbocycles. The normalized spacial score (nSPS) is 10.9. The third-order valence-electron chi connectivity index (χ3n) is 3.54. The van der Waals surface area contributed by atoms with Crippen molar-refractivity contribution in [2.24, 2.45) is 0 Å². The Morgan fingerprint density at radius 2 is 1.95 bits per heavy atom. The topological polar surface area (TPSA) is 45.2 Å². The first kappa shape index (κ1) is 15.0. The summed E-state index contributed by atoms with van der Waals surface area (Å²) >= 11 is 7.91. The Kier molecular flexibility index (Phi) is 4.14. The van der Waals surface area contributed by atoms with Gasteiger partial charge < -0.3 is 10.4 Å². The number of aromatic hydroxyl groups is 1. The fourth-order valence-electron chi connectivity index (χ4n) is 2.26. The highest BCUT2D eigenvalue weighted by Crippen LogP contribution is 2.37. The number of nitrogens with zero attached hydrogens (tertiary/aromatic N) is 1. The zero-order chi connectivity index (χ0) is 15.7. The fraction of sp³-hybridized carbons (Fsp3) is 0.118. The molecule has 0 saturated carbocycles. The van der Waals surface area contributed by atoms with Crippen LogP contribution >= 0.6 is 23.4 Å². The first-order valence-electron chi connectivity index (χ1n) is 6.78. The Bertz CT molecular complexity index is 851. The molecule has 1 heterocycles. The summed E-state index contributed by atoms with van der Waals surface area (Å²) in [6.07, 6.45) is 3.80. The lowest BCUT2D eigenvalue weighted by Gasteiger charge is -2.13. The number of nitrogens with one attached hydrogen (secondary N) is 1. The van der Waals surface area contributed by atoms with Gasteiger partial charge in [0.1, 0.15) is 10.8 Å². The number of aryl methyl sites for hydroxylation is 1. The van der Waals surface area contributed by atoms with Gasteiger partial charge in [-0.1, -0.05) is 17.7 Å². The van der Waals surface area contributed by atoms with Gasteiger partial charge in [0, 0.05) is 22.2 Å². The van der Waals surface area contributed by atoms with Gasteiger partial charge in [-0.15, -0.1) is 11.8 Å². The van der Waals surface area contributed by atoms with Gasteiger partial charge in [-0.05, 0) is 49.1 Å². The molecule has 0 bridgehead atoms. The van der Waals surface area contributed by atoms with Crippen molar-refractivity contribution in [2.75, 3.05) is 11.6 Å². The Labute approximate surface area is 138 Å². The molecule has 0 radical (unpaired) electrons. The highest BCUT2D eigenvalue weighted by atomic mass is 35.5. The Balaban J connectivity index is 2.09. The van der Waals surface area contributed by atoms with E-state index < -0.39 is 0 Å². The summed E-state index contributed by atoms with van der Waals surface area (Å²) in [5.74, 6) is 0.106. The van der Waals surface area contributed by atoms with Crippen molar-refractivity contribution in [1.29, 1.82) is 0 Å². The van der Waals surface area contributed by atoms with E-state index in [2.05, 4.69) is 22.4 Å². The van der Waals surface area contributed by atoms with E-state index in [-0.39, 0.29) is 5.75 Å². The maximum absolute atomic E-state index is 9.97. The van der Waals surface area contributed by atoms with Crippen LogP contribution in [0.4, 0.5) is 11.4 Å². The van der Waals surface area contributed by atoms with Crippen LogP contribution in [0.1, 0.15) is 5.56 Å². The first-order chi connectivity index (χ1) is 10.6. The van der Waals surface area contributed by atoms with Crippen LogP contribution in [0.25, 0.3) is 10.9 Å². The van der Waals surface area contributed by atoms with Crippen LogP contribution in [0.5, 0.6) is 5.75 Å². The van der Waals surface area contributed by atoms with E-state index in [9.17, 15) is 5.11 Å². The Morgan fingerprint density at radius 1 is 1.14 bits per heavy atom. The fourth-order valence-corrected chi connectivity index (χ4v) is 2.96. The van der Waals surface area contributed by atoms with E-state index in [1.807, 2.05) is 37.4 Å². The van der Waals surface area contributed by atoms with Crippen LogP contribution in [-0.4, -0.2) is 16.3 Å². The molecule has 0 aliphatic rings. The molecule has 3 aromatic rings. The van der Waals surface area contributed by atoms with E-state index in [0.717, 1.165) is 22.2 Å². The molecule has 2 aromatic carbocycles. The molecule has 1 aromatic heterocycles. The number of fused-ring (bicyclic) bond motifs is 1. The molecule has 0 saturated heterocycles. The third kappa shape index (κ3) is 2.72. The van der Waals surface area contributed by atoms with Gasteiger partial charge in [0.15, 0.2) is 0 Å². The molecular weight excluding hydrogens is 316 g/mol. The van der Waals surface area contributed by atoms with Gasteiger partial charge in [0.25, 0.3) is 0 Å².